The van der Waals surface area contributed by atoms with Gasteiger partial charge in [0.1, 0.15) is 23.2 Å². The highest BCUT2D eigenvalue weighted by molar-refractivity contribution is 5.83. The molecule has 0 unspecified atom stereocenters. The Bertz CT molecular complexity index is 831. The van der Waals surface area contributed by atoms with Crippen LogP contribution in [0.15, 0.2) is 12.1 Å². The fraction of sp³-hybridized carbons (Fsp3) is 0.250. The minimum absolute atomic E-state index is 0.0166. The standard InChI is InChI=1S/C16H13F2N3O2/c1-22-12-3-2-10(17)15(18)14(12)13-8(6-19)16(20)21-11-4-5-23-7-9(11)13/h2-3H,4-5,7H2,1H3,(H2,20,21). The zero-order valence-electron chi connectivity index (χ0n) is 12.3. The van der Waals surface area contributed by atoms with Crippen LogP contribution < -0.4 is 10.5 Å². The molecule has 0 fully saturated rings. The lowest BCUT2D eigenvalue weighted by atomic mass is 9.91. The molecule has 0 saturated carbocycles. The maximum absolute atomic E-state index is 14.5. The first-order chi connectivity index (χ1) is 11.1. The van der Waals surface area contributed by atoms with Crippen LogP contribution in [0.1, 0.15) is 16.8 Å². The van der Waals surface area contributed by atoms with E-state index in [1.807, 2.05) is 6.07 Å². The van der Waals surface area contributed by atoms with Crippen molar-refractivity contribution in [3.05, 3.63) is 40.6 Å². The SMILES string of the molecule is COc1ccc(F)c(F)c1-c1c(C#N)c(N)nc2c1COCC2. The first kappa shape index (κ1) is 15.2. The lowest BCUT2D eigenvalue weighted by Gasteiger charge is -2.22. The average Bonchev–Trinajstić information content (AvgIpc) is 2.56. The molecule has 2 N–H and O–H groups in total. The smallest absolute Gasteiger partial charge is 0.170 e. The van der Waals surface area contributed by atoms with E-state index in [2.05, 4.69) is 4.98 Å². The van der Waals surface area contributed by atoms with Gasteiger partial charge in [-0.1, -0.05) is 0 Å². The number of hydrogen-bond acceptors (Lipinski definition) is 5. The molecule has 1 aromatic heterocycles. The molecule has 1 aromatic carbocycles. The summed E-state index contributed by atoms with van der Waals surface area (Å²) in [5.41, 5.74) is 7.02. The van der Waals surface area contributed by atoms with Crippen molar-refractivity contribution in [2.45, 2.75) is 13.0 Å². The third-order valence-corrected chi connectivity index (χ3v) is 3.78. The highest BCUT2D eigenvalue weighted by Crippen LogP contribution is 2.41. The largest absolute Gasteiger partial charge is 0.496 e. The van der Waals surface area contributed by atoms with Gasteiger partial charge in [0, 0.05) is 17.5 Å². The summed E-state index contributed by atoms with van der Waals surface area (Å²) in [4.78, 5) is 4.20. The van der Waals surface area contributed by atoms with E-state index in [9.17, 15) is 14.0 Å². The molecule has 0 amide bonds. The average molecular weight is 317 g/mol. The van der Waals surface area contributed by atoms with Crippen LogP contribution in [0.3, 0.4) is 0 Å². The Labute approximate surface area is 131 Å². The van der Waals surface area contributed by atoms with Crippen molar-refractivity contribution in [2.75, 3.05) is 19.5 Å². The van der Waals surface area contributed by atoms with E-state index in [1.54, 1.807) is 0 Å². The minimum atomic E-state index is -1.10. The van der Waals surface area contributed by atoms with Gasteiger partial charge in [0.15, 0.2) is 11.6 Å². The summed E-state index contributed by atoms with van der Waals surface area (Å²) in [7, 11) is 1.34. The second-order valence-corrected chi connectivity index (χ2v) is 5.03. The highest BCUT2D eigenvalue weighted by atomic mass is 19.2. The van der Waals surface area contributed by atoms with Crippen molar-refractivity contribution in [3.8, 4) is 22.9 Å². The van der Waals surface area contributed by atoms with Crippen LogP contribution in [-0.4, -0.2) is 18.7 Å². The van der Waals surface area contributed by atoms with E-state index in [0.717, 1.165) is 6.07 Å². The van der Waals surface area contributed by atoms with Crippen LogP contribution in [0.4, 0.5) is 14.6 Å². The Morgan fingerprint density at radius 3 is 2.83 bits per heavy atom. The molecule has 118 valence electrons. The predicted octanol–water partition coefficient (Wildman–Crippen LogP) is 2.56. The first-order valence-electron chi connectivity index (χ1n) is 6.89. The van der Waals surface area contributed by atoms with Gasteiger partial charge in [-0.25, -0.2) is 13.8 Å². The van der Waals surface area contributed by atoms with E-state index in [-0.39, 0.29) is 34.9 Å². The molecule has 7 heteroatoms. The van der Waals surface area contributed by atoms with Crippen LogP contribution in [0.5, 0.6) is 5.75 Å². The third-order valence-electron chi connectivity index (χ3n) is 3.78. The van der Waals surface area contributed by atoms with Gasteiger partial charge in [0.05, 0.1) is 31.6 Å². The van der Waals surface area contributed by atoms with Crippen LogP contribution in [0.25, 0.3) is 11.1 Å². The van der Waals surface area contributed by atoms with E-state index in [0.29, 0.717) is 24.3 Å². The fourth-order valence-electron chi connectivity index (χ4n) is 2.72. The quantitative estimate of drug-likeness (QED) is 0.920. The maximum atomic E-state index is 14.5. The molecule has 2 aromatic rings. The summed E-state index contributed by atoms with van der Waals surface area (Å²) in [6.07, 6.45) is 0.484. The van der Waals surface area contributed by atoms with Crippen LogP contribution in [0.2, 0.25) is 0 Å². The zero-order chi connectivity index (χ0) is 16.6. The summed E-state index contributed by atoms with van der Waals surface area (Å²) in [6.45, 7) is 0.597. The van der Waals surface area contributed by atoms with Gasteiger partial charge in [0.2, 0.25) is 0 Å². The number of hydrogen-bond donors (Lipinski definition) is 1. The number of nitriles is 1. The van der Waals surface area contributed by atoms with Crippen molar-refractivity contribution in [2.24, 2.45) is 0 Å². The van der Waals surface area contributed by atoms with Gasteiger partial charge >= 0.3 is 0 Å². The van der Waals surface area contributed by atoms with Gasteiger partial charge in [-0.2, -0.15) is 5.26 Å². The number of nitrogens with two attached hydrogens (primary N) is 1. The van der Waals surface area contributed by atoms with Crippen LogP contribution in [0, 0.1) is 23.0 Å². The Morgan fingerprint density at radius 1 is 1.35 bits per heavy atom. The summed E-state index contributed by atoms with van der Waals surface area (Å²) in [6, 6.07) is 4.20. The number of nitrogen functional groups attached to an aromatic ring is 1. The molecule has 1 aliphatic heterocycles. The van der Waals surface area contributed by atoms with Crippen molar-refractivity contribution >= 4 is 5.82 Å². The Hall–Kier alpha value is -2.72. The minimum Gasteiger partial charge on any atom is -0.496 e. The number of benzene rings is 1. The summed E-state index contributed by atoms with van der Waals surface area (Å²) in [5.74, 6) is -2.04. The second-order valence-electron chi connectivity index (χ2n) is 5.03. The highest BCUT2D eigenvalue weighted by Gasteiger charge is 2.27. The van der Waals surface area contributed by atoms with Crippen molar-refractivity contribution < 1.29 is 18.3 Å². The van der Waals surface area contributed by atoms with E-state index < -0.39 is 11.6 Å². The zero-order valence-corrected chi connectivity index (χ0v) is 12.3. The lowest BCUT2D eigenvalue weighted by Crippen LogP contribution is -2.16. The molecule has 1 aliphatic rings. The molecular formula is C16H13F2N3O2. The van der Waals surface area contributed by atoms with E-state index in [4.69, 9.17) is 15.2 Å². The number of aromatic nitrogens is 1. The number of anilines is 1. The monoisotopic (exact) mass is 317 g/mol. The number of fused-ring (bicyclic) bond motifs is 1. The van der Waals surface area contributed by atoms with Crippen LogP contribution >= 0.6 is 0 Å². The topological polar surface area (TPSA) is 81.2 Å². The maximum Gasteiger partial charge on any atom is 0.170 e. The summed E-state index contributed by atoms with van der Waals surface area (Å²) in [5, 5.41) is 9.42. The van der Waals surface area contributed by atoms with Crippen LogP contribution in [-0.2, 0) is 17.8 Å². The molecule has 0 radical (unpaired) electrons. The number of nitrogens with zero attached hydrogens (tertiary/aromatic N) is 2. The number of pyridine rings is 1. The van der Waals surface area contributed by atoms with Crippen molar-refractivity contribution in [3.63, 3.8) is 0 Å². The first-order valence-corrected chi connectivity index (χ1v) is 6.89. The van der Waals surface area contributed by atoms with E-state index >= 15 is 0 Å². The molecule has 5 nitrogen and oxygen atoms in total. The molecule has 0 aliphatic carbocycles. The number of halogens is 2. The Morgan fingerprint density at radius 2 is 2.13 bits per heavy atom. The second kappa shape index (κ2) is 5.82. The number of rotatable bonds is 2. The molecule has 23 heavy (non-hydrogen) atoms. The normalized spacial score (nSPS) is 13.3. The Kier molecular flexibility index (Phi) is 3.84. The number of methoxy groups -OCH3 is 1. The summed E-state index contributed by atoms with van der Waals surface area (Å²) < 4.78 is 38.8. The van der Waals surface area contributed by atoms with Gasteiger partial charge in [-0.05, 0) is 12.1 Å². The third kappa shape index (κ3) is 2.37. The molecule has 0 saturated heterocycles. The van der Waals surface area contributed by atoms with E-state index in [1.165, 1.54) is 13.2 Å². The van der Waals surface area contributed by atoms with Gasteiger partial charge in [0.25, 0.3) is 0 Å². The van der Waals surface area contributed by atoms with Crippen molar-refractivity contribution in [1.82, 2.24) is 4.98 Å². The van der Waals surface area contributed by atoms with Gasteiger partial charge in [-0.3, -0.25) is 0 Å². The van der Waals surface area contributed by atoms with Crippen molar-refractivity contribution in [1.29, 1.82) is 5.26 Å². The summed E-state index contributed by atoms with van der Waals surface area (Å²) >= 11 is 0. The molecule has 0 atom stereocenters. The molecule has 0 bridgehead atoms. The number of ether oxygens (including phenoxy) is 2. The molecule has 2 heterocycles. The van der Waals surface area contributed by atoms with Gasteiger partial charge in [-0.15, -0.1) is 0 Å². The molecule has 0 spiro atoms. The lowest BCUT2D eigenvalue weighted by molar-refractivity contribution is 0.109. The predicted molar refractivity (Wildman–Crippen MR) is 78.6 cm³/mol. The van der Waals surface area contributed by atoms with Gasteiger partial charge < -0.3 is 15.2 Å². The Balaban J connectivity index is 2.43. The molecular weight excluding hydrogens is 304 g/mol. The fourth-order valence-corrected chi connectivity index (χ4v) is 2.72. The molecule has 3 rings (SSSR count).